The number of nitrogens with one attached hydrogen (secondary N) is 2. The summed E-state index contributed by atoms with van der Waals surface area (Å²) in [7, 11) is 0. The Bertz CT molecular complexity index is 995. The number of hydrogen-bond donors (Lipinski definition) is 2. The molecular weight excluding hydrogens is 461 g/mol. The van der Waals surface area contributed by atoms with E-state index in [4.69, 9.17) is 34.8 Å². The molecular formula is C22H22Cl3N3O3. The molecule has 1 atom stereocenters. The van der Waals surface area contributed by atoms with Crippen LogP contribution >= 0.6 is 34.8 Å². The molecule has 0 aromatic heterocycles. The van der Waals surface area contributed by atoms with Crippen LogP contribution in [-0.4, -0.2) is 35.7 Å². The van der Waals surface area contributed by atoms with Crippen molar-refractivity contribution in [3.63, 3.8) is 0 Å². The lowest BCUT2D eigenvalue weighted by molar-refractivity contribution is -0.128. The van der Waals surface area contributed by atoms with Gasteiger partial charge in [-0.15, -0.1) is 0 Å². The Morgan fingerprint density at radius 1 is 1.03 bits per heavy atom. The van der Waals surface area contributed by atoms with E-state index in [2.05, 4.69) is 17.6 Å². The van der Waals surface area contributed by atoms with E-state index in [0.717, 1.165) is 12.8 Å². The fourth-order valence-electron chi connectivity index (χ4n) is 3.27. The molecule has 3 amide bonds. The molecule has 1 aliphatic heterocycles. The van der Waals surface area contributed by atoms with Crippen molar-refractivity contribution < 1.29 is 14.4 Å². The molecule has 0 saturated carbocycles. The summed E-state index contributed by atoms with van der Waals surface area (Å²) in [4.78, 5) is 38.8. The smallest absolute Gasteiger partial charge is 0.255 e. The molecule has 1 heterocycles. The Morgan fingerprint density at radius 3 is 2.39 bits per heavy atom. The van der Waals surface area contributed by atoms with Crippen LogP contribution in [0.15, 0.2) is 36.4 Å². The monoisotopic (exact) mass is 481 g/mol. The summed E-state index contributed by atoms with van der Waals surface area (Å²) in [6, 6.07) is 9.37. The van der Waals surface area contributed by atoms with E-state index in [1.54, 1.807) is 29.2 Å². The van der Waals surface area contributed by atoms with E-state index >= 15 is 0 Å². The van der Waals surface area contributed by atoms with E-state index in [1.165, 1.54) is 12.1 Å². The Hall–Kier alpha value is -2.28. The van der Waals surface area contributed by atoms with E-state index in [9.17, 15) is 14.4 Å². The lowest BCUT2D eigenvalue weighted by atomic mass is 10.1. The molecule has 2 N–H and O–H groups in total. The van der Waals surface area contributed by atoms with Gasteiger partial charge in [0, 0.05) is 30.8 Å². The normalized spacial score (nSPS) is 15.8. The Morgan fingerprint density at radius 2 is 1.71 bits per heavy atom. The molecule has 9 heteroatoms. The highest BCUT2D eigenvalue weighted by molar-refractivity contribution is 6.44. The van der Waals surface area contributed by atoms with Crippen LogP contribution in [0.4, 0.5) is 11.4 Å². The zero-order valence-corrected chi connectivity index (χ0v) is 19.2. The minimum Gasteiger partial charge on any atom is -0.342 e. The second kappa shape index (κ2) is 10.4. The van der Waals surface area contributed by atoms with E-state index < -0.39 is 0 Å². The molecule has 1 unspecified atom stereocenters. The quantitative estimate of drug-likeness (QED) is 0.512. The van der Waals surface area contributed by atoms with Gasteiger partial charge in [-0.3, -0.25) is 14.4 Å². The van der Waals surface area contributed by atoms with Gasteiger partial charge in [-0.1, -0.05) is 48.1 Å². The van der Waals surface area contributed by atoms with Gasteiger partial charge in [-0.05, 0) is 42.8 Å². The molecule has 3 rings (SSSR count). The van der Waals surface area contributed by atoms with E-state index in [-0.39, 0.29) is 40.1 Å². The van der Waals surface area contributed by atoms with Gasteiger partial charge in [-0.25, -0.2) is 0 Å². The SMILES string of the molecule is CCCCN1CC(C(=O)Nc2ccc(C(=O)Nc3cc(Cl)c(Cl)cc3Cl)cc2)CC1=O. The number of hydrogen-bond acceptors (Lipinski definition) is 3. The van der Waals surface area contributed by atoms with Crippen LogP contribution in [0, 0.1) is 5.92 Å². The number of anilines is 2. The minimum atomic E-state index is -0.383. The highest BCUT2D eigenvalue weighted by Crippen LogP contribution is 2.32. The maximum Gasteiger partial charge on any atom is 0.255 e. The molecule has 1 fully saturated rings. The summed E-state index contributed by atoms with van der Waals surface area (Å²) < 4.78 is 0. The molecule has 2 aromatic rings. The number of amides is 3. The maximum absolute atomic E-state index is 12.5. The first-order valence-corrected chi connectivity index (χ1v) is 11.1. The Kier molecular flexibility index (Phi) is 7.81. The topological polar surface area (TPSA) is 78.5 Å². The Balaban J connectivity index is 1.59. The number of rotatable bonds is 7. The lowest BCUT2D eigenvalue weighted by Gasteiger charge is -2.16. The molecule has 0 aliphatic carbocycles. The van der Waals surface area contributed by atoms with Crippen molar-refractivity contribution >= 4 is 63.9 Å². The molecule has 31 heavy (non-hydrogen) atoms. The van der Waals surface area contributed by atoms with Crippen molar-refractivity contribution in [2.45, 2.75) is 26.2 Å². The summed E-state index contributed by atoms with van der Waals surface area (Å²) in [5.74, 6) is -0.941. The summed E-state index contributed by atoms with van der Waals surface area (Å²) in [6.07, 6.45) is 2.15. The average molecular weight is 483 g/mol. The minimum absolute atomic E-state index is 0.0154. The number of carbonyl (C=O) groups excluding carboxylic acids is 3. The van der Waals surface area contributed by atoms with Crippen LogP contribution in [0.25, 0.3) is 0 Å². The first-order valence-electron chi connectivity index (χ1n) is 9.93. The van der Waals surface area contributed by atoms with Crippen molar-refractivity contribution in [3.05, 3.63) is 57.0 Å². The van der Waals surface area contributed by atoms with Crippen molar-refractivity contribution in [2.24, 2.45) is 5.92 Å². The zero-order valence-electron chi connectivity index (χ0n) is 16.9. The molecule has 164 valence electrons. The fraction of sp³-hybridized carbons (Fsp3) is 0.318. The zero-order chi connectivity index (χ0) is 22.5. The molecule has 0 spiro atoms. The van der Waals surface area contributed by atoms with E-state index in [1.807, 2.05) is 0 Å². The van der Waals surface area contributed by atoms with Crippen LogP contribution in [-0.2, 0) is 9.59 Å². The first-order chi connectivity index (χ1) is 14.8. The van der Waals surface area contributed by atoms with Crippen molar-refractivity contribution in [1.29, 1.82) is 0 Å². The average Bonchev–Trinajstić information content (AvgIpc) is 3.11. The number of carbonyl (C=O) groups is 3. The number of halogens is 3. The maximum atomic E-state index is 12.5. The van der Waals surface area contributed by atoms with Crippen LogP contribution in [0.1, 0.15) is 36.5 Å². The van der Waals surface area contributed by atoms with Crippen molar-refractivity contribution in [1.82, 2.24) is 4.90 Å². The second-order valence-electron chi connectivity index (χ2n) is 7.36. The molecule has 6 nitrogen and oxygen atoms in total. The van der Waals surface area contributed by atoms with Gasteiger partial charge in [0.15, 0.2) is 0 Å². The number of benzene rings is 2. The summed E-state index contributed by atoms with van der Waals surface area (Å²) in [5, 5.41) is 6.34. The molecule has 0 radical (unpaired) electrons. The number of nitrogens with zero attached hydrogens (tertiary/aromatic N) is 1. The summed E-state index contributed by atoms with van der Waals surface area (Å²) in [6.45, 7) is 3.19. The fourth-order valence-corrected chi connectivity index (χ4v) is 3.87. The highest BCUT2D eigenvalue weighted by atomic mass is 35.5. The second-order valence-corrected chi connectivity index (χ2v) is 8.58. The number of likely N-dealkylation sites (tertiary alicyclic amines) is 1. The third kappa shape index (κ3) is 5.91. The van der Waals surface area contributed by atoms with Crippen LogP contribution in [0.3, 0.4) is 0 Å². The molecule has 0 bridgehead atoms. The van der Waals surface area contributed by atoms with E-state index in [0.29, 0.717) is 35.1 Å². The summed E-state index contributed by atoms with van der Waals surface area (Å²) in [5.41, 5.74) is 1.27. The Labute approximate surface area is 195 Å². The van der Waals surface area contributed by atoms with Crippen molar-refractivity contribution in [2.75, 3.05) is 23.7 Å². The standard InChI is InChI=1S/C22H22Cl3N3O3/c1-2-3-8-28-12-14(9-20(28)29)22(31)26-15-6-4-13(5-7-15)21(30)27-19-11-17(24)16(23)10-18(19)25/h4-7,10-11,14H,2-3,8-9,12H2,1H3,(H,26,31)(H,27,30). The van der Waals surface area contributed by atoms with Gasteiger partial charge in [0.25, 0.3) is 5.91 Å². The van der Waals surface area contributed by atoms with Crippen LogP contribution in [0.5, 0.6) is 0 Å². The van der Waals surface area contributed by atoms with Gasteiger partial charge < -0.3 is 15.5 Å². The molecule has 2 aromatic carbocycles. The molecule has 1 aliphatic rings. The first kappa shape index (κ1) is 23.4. The lowest BCUT2D eigenvalue weighted by Crippen LogP contribution is -2.29. The largest absolute Gasteiger partial charge is 0.342 e. The van der Waals surface area contributed by atoms with Gasteiger partial charge in [0.2, 0.25) is 11.8 Å². The third-order valence-corrected chi connectivity index (χ3v) is 6.07. The van der Waals surface area contributed by atoms with Crippen LogP contribution < -0.4 is 10.6 Å². The van der Waals surface area contributed by atoms with Gasteiger partial charge in [-0.2, -0.15) is 0 Å². The summed E-state index contributed by atoms with van der Waals surface area (Å²) >= 11 is 18.0. The van der Waals surface area contributed by atoms with Gasteiger partial charge in [0.1, 0.15) is 0 Å². The third-order valence-electron chi connectivity index (χ3n) is 5.04. The number of unbranched alkanes of at least 4 members (excludes halogenated alkanes) is 1. The predicted octanol–water partition coefficient (Wildman–Crippen LogP) is 5.49. The predicted molar refractivity (Wildman–Crippen MR) is 124 cm³/mol. The van der Waals surface area contributed by atoms with Crippen LogP contribution in [0.2, 0.25) is 15.1 Å². The van der Waals surface area contributed by atoms with Crippen molar-refractivity contribution in [3.8, 4) is 0 Å². The highest BCUT2D eigenvalue weighted by Gasteiger charge is 2.33. The van der Waals surface area contributed by atoms with Gasteiger partial charge in [0.05, 0.1) is 26.7 Å². The van der Waals surface area contributed by atoms with Gasteiger partial charge >= 0.3 is 0 Å². The molecule has 1 saturated heterocycles.